The van der Waals surface area contributed by atoms with E-state index in [1.165, 1.54) is 5.56 Å². The molecule has 2 aromatic rings. The molecular formula is C17H13Cl2NO. The molecule has 0 atom stereocenters. The quantitative estimate of drug-likeness (QED) is 0.859. The monoisotopic (exact) mass is 317 g/mol. The van der Waals surface area contributed by atoms with Gasteiger partial charge in [0.05, 0.1) is 0 Å². The van der Waals surface area contributed by atoms with Crippen LogP contribution in [0.25, 0.3) is 0 Å². The lowest BCUT2D eigenvalue weighted by molar-refractivity contribution is -0.115. The fourth-order valence-electron chi connectivity index (χ4n) is 1.76. The van der Waals surface area contributed by atoms with Crippen molar-refractivity contribution in [3.8, 4) is 11.8 Å². The van der Waals surface area contributed by atoms with E-state index in [2.05, 4.69) is 17.2 Å². The van der Waals surface area contributed by atoms with Gasteiger partial charge in [0.15, 0.2) is 0 Å². The second-order valence-electron chi connectivity index (χ2n) is 4.40. The molecule has 106 valence electrons. The molecule has 0 saturated heterocycles. The van der Waals surface area contributed by atoms with Crippen LogP contribution >= 0.6 is 23.2 Å². The molecule has 0 unspecified atom stereocenters. The number of halogens is 2. The Morgan fingerprint density at radius 2 is 1.71 bits per heavy atom. The average Bonchev–Trinajstić information content (AvgIpc) is 2.45. The maximum atomic E-state index is 11.6. The van der Waals surface area contributed by atoms with Crippen LogP contribution in [-0.2, 0) is 11.2 Å². The number of hydrogen-bond acceptors (Lipinski definition) is 1. The van der Waals surface area contributed by atoms with Crippen LogP contribution < -0.4 is 5.32 Å². The van der Waals surface area contributed by atoms with Gasteiger partial charge in [-0.3, -0.25) is 4.79 Å². The van der Waals surface area contributed by atoms with Gasteiger partial charge in [0, 0.05) is 28.1 Å². The van der Waals surface area contributed by atoms with Gasteiger partial charge in [0.25, 0.3) is 5.91 Å². The summed E-state index contributed by atoms with van der Waals surface area (Å²) in [6, 6.07) is 14.9. The highest BCUT2D eigenvalue weighted by atomic mass is 35.5. The van der Waals surface area contributed by atoms with E-state index in [0.29, 0.717) is 22.2 Å². The van der Waals surface area contributed by atoms with Gasteiger partial charge < -0.3 is 5.32 Å². The Hall–Kier alpha value is -1.95. The summed E-state index contributed by atoms with van der Waals surface area (Å²) in [5.74, 6) is 4.95. The molecule has 0 heterocycles. The minimum absolute atomic E-state index is 0.318. The maximum absolute atomic E-state index is 11.6. The number of benzene rings is 2. The lowest BCUT2D eigenvalue weighted by Crippen LogP contribution is -2.23. The van der Waals surface area contributed by atoms with E-state index >= 15 is 0 Å². The van der Waals surface area contributed by atoms with Crippen LogP contribution in [0.1, 0.15) is 11.1 Å². The first kappa shape index (κ1) is 15.4. The molecule has 0 aromatic heterocycles. The summed E-state index contributed by atoms with van der Waals surface area (Å²) in [4.78, 5) is 11.6. The molecule has 0 spiro atoms. The fourth-order valence-corrected chi connectivity index (χ4v) is 2.29. The van der Waals surface area contributed by atoms with Gasteiger partial charge in [-0.05, 0) is 30.2 Å². The minimum Gasteiger partial charge on any atom is -0.345 e. The van der Waals surface area contributed by atoms with E-state index < -0.39 is 0 Å². The third kappa shape index (κ3) is 5.51. The van der Waals surface area contributed by atoms with Crippen molar-refractivity contribution in [1.82, 2.24) is 5.32 Å². The molecule has 2 nitrogen and oxygen atoms in total. The molecule has 2 aromatic carbocycles. The lowest BCUT2D eigenvalue weighted by atomic mass is 10.1. The third-order valence-corrected chi connectivity index (χ3v) is 3.16. The Labute approximate surface area is 134 Å². The summed E-state index contributed by atoms with van der Waals surface area (Å²) in [6.45, 7) is 0.549. The van der Waals surface area contributed by atoms with Gasteiger partial charge in [-0.2, -0.15) is 0 Å². The van der Waals surface area contributed by atoms with Gasteiger partial charge in [-0.1, -0.05) is 59.5 Å². The number of nitrogens with one attached hydrogen (secondary N) is 1. The summed E-state index contributed by atoms with van der Waals surface area (Å²) in [5, 5.41) is 3.75. The van der Waals surface area contributed by atoms with Crippen molar-refractivity contribution < 1.29 is 4.79 Å². The Bertz CT molecular complexity index is 667. The van der Waals surface area contributed by atoms with Crippen LogP contribution in [0.15, 0.2) is 48.5 Å². The van der Waals surface area contributed by atoms with Crippen LogP contribution in [-0.4, -0.2) is 12.5 Å². The standard InChI is InChI=1S/C17H13Cl2NO/c18-15-10-14(11-16(19)12-15)6-7-17(21)20-9-8-13-4-2-1-3-5-13/h1-5,10-12H,8-9H2,(H,20,21). The van der Waals surface area contributed by atoms with Crippen LogP contribution in [0.3, 0.4) is 0 Å². The van der Waals surface area contributed by atoms with Crippen LogP contribution in [0, 0.1) is 11.8 Å². The molecule has 1 amide bonds. The molecule has 0 radical (unpaired) electrons. The molecule has 21 heavy (non-hydrogen) atoms. The summed E-state index contributed by atoms with van der Waals surface area (Å²) in [7, 11) is 0. The Morgan fingerprint density at radius 3 is 2.38 bits per heavy atom. The van der Waals surface area contributed by atoms with Crippen molar-refractivity contribution in [3.63, 3.8) is 0 Å². The Morgan fingerprint density at radius 1 is 1.05 bits per heavy atom. The van der Waals surface area contributed by atoms with Crippen molar-refractivity contribution in [1.29, 1.82) is 0 Å². The summed E-state index contributed by atoms with van der Waals surface area (Å²) < 4.78 is 0. The van der Waals surface area contributed by atoms with E-state index in [9.17, 15) is 4.79 Å². The number of carbonyl (C=O) groups is 1. The molecule has 2 rings (SSSR count). The minimum atomic E-state index is -0.318. The normalized spacial score (nSPS) is 9.62. The second-order valence-corrected chi connectivity index (χ2v) is 5.27. The average molecular weight is 318 g/mol. The zero-order chi connectivity index (χ0) is 15.1. The molecular weight excluding hydrogens is 305 g/mol. The molecule has 0 saturated carbocycles. The van der Waals surface area contributed by atoms with E-state index in [1.54, 1.807) is 18.2 Å². The highest BCUT2D eigenvalue weighted by Gasteiger charge is 1.98. The first-order valence-corrected chi connectivity index (χ1v) is 7.19. The van der Waals surface area contributed by atoms with Crippen LogP contribution in [0.4, 0.5) is 0 Å². The highest BCUT2D eigenvalue weighted by Crippen LogP contribution is 2.18. The van der Waals surface area contributed by atoms with Crippen LogP contribution in [0.2, 0.25) is 10.0 Å². The zero-order valence-electron chi connectivity index (χ0n) is 11.2. The first-order chi connectivity index (χ1) is 10.1. The molecule has 1 N–H and O–H groups in total. The van der Waals surface area contributed by atoms with Crippen molar-refractivity contribution >= 4 is 29.1 Å². The summed E-state index contributed by atoms with van der Waals surface area (Å²) >= 11 is 11.7. The molecule has 0 bridgehead atoms. The Kier molecular flexibility index (Phi) is 5.68. The van der Waals surface area contributed by atoms with E-state index in [0.717, 1.165) is 6.42 Å². The van der Waals surface area contributed by atoms with Crippen molar-refractivity contribution in [2.75, 3.05) is 6.54 Å². The largest absolute Gasteiger partial charge is 0.345 e. The second kappa shape index (κ2) is 7.73. The predicted octanol–water partition coefficient (Wildman–Crippen LogP) is 3.70. The fraction of sp³-hybridized carbons (Fsp3) is 0.118. The Balaban J connectivity index is 1.86. The van der Waals surface area contributed by atoms with Crippen molar-refractivity contribution in [2.45, 2.75) is 6.42 Å². The van der Waals surface area contributed by atoms with Crippen molar-refractivity contribution in [3.05, 3.63) is 69.7 Å². The molecule has 0 aliphatic heterocycles. The predicted molar refractivity (Wildman–Crippen MR) is 86.5 cm³/mol. The van der Waals surface area contributed by atoms with E-state index in [4.69, 9.17) is 23.2 Å². The lowest BCUT2D eigenvalue weighted by Gasteiger charge is -2.01. The van der Waals surface area contributed by atoms with Gasteiger partial charge in [-0.25, -0.2) is 0 Å². The SMILES string of the molecule is O=C(C#Cc1cc(Cl)cc(Cl)c1)NCCc1ccccc1. The molecule has 4 heteroatoms. The topological polar surface area (TPSA) is 29.1 Å². The zero-order valence-corrected chi connectivity index (χ0v) is 12.7. The smallest absolute Gasteiger partial charge is 0.296 e. The third-order valence-electron chi connectivity index (χ3n) is 2.72. The summed E-state index contributed by atoms with van der Waals surface area (Å²) in [6.07, 6.45) is 0.775. The van der Waals surface area contributed by atoms with Gasteiger partial charge >= 0.3 is 0 Å². The number of rotatable bonds is 3. The number of carbonyl (C=O) groups excluding carboxylic acids is 1. The first-order valence-electron chi connectivity index (χ1n) is 6.43. The number of amides is 1. The number of hydrogen-bond donors (Lipinski definition) is 1. The van der Waals surface area contributed by atoms with Crippen molar-refractivity contribution in [2.24, 2.45) is 0 Å². The van der Waals surface area contributed by atoms with Gasteiger partial charge in [-0.15, -0.1) is 0 Å². The maximum Gasteiger partial charge on any atom is 0.296 e. The summed E-state index contributed by atoms with van der Waals surface area (Å²) in [5.41, 5.74) is 1.79. The molecule has 0 aliphatic carbocycles. The highest BCUT2D eigenvalue weighted by molar-refractivity contribution is 6.34. The molecule has 0 fully saturated rings. The van der Waals surface area contributed by atoms with E-state index in [-0.39, 0.29) is 5.91 Å². The van der Waals surface area contributed by atoms with Gasteiger partial charge in [0.1, 0.15) is 0 Å². The molecule has 0 aliphatic rings. The van der Waals surface area contributed by atoms with Crippen LogP contribution in [0.5, 0.6) is 0 Å². The van der Waals surface area contributed by atoms with E-state index in [1.807, 2.05) is 30.3 Å². The van der Waals surface area contributed by atoms with Gasteiger partial charge in [0.2, 0.25) is 0 Å².